The van der Waals surface area contributed by atoms with E-state index in [1.54, 1.807) is 0 Å². The second kappa shape index (κ2) is 11.8. The molecule has 0 bridgehead atoms. The maximum Gasteiger partial charge on any atom is 0.222 e. The summed E-state index contributed by atoms with van der Waals surface area (Å²) >= 11 is 0. The minimum atomic E-state index is 0. The van der Waals surface area contributed by atoms with Gasteiger partial charge in [-0.05, 0) is 55.6 Å². The van der Waals surface area contributed by atoms with Crippen molar-refractivity contribution in [2.75, 3.05) is 13.1 Å². The zero-order chi connectivity index (χ0) is 19.9. The predicted molar refractivity (Wildman–Crippen MR) is 130 cm³/mol. The third-order valence-corrected chi connectivity index (χ3v) is 5.82. The molecule has 0 spiro atoms. The number of hydrogen-bond acceptors (Lipinski definition) is 2. The van der Waals surface area contributed by atoms with Crippen molar-refractivity contribution in [2.24, 2.45) is 16.8 Å². The number of carbonyl (C=O) groups excluding carboxylic acids is 1. The Bertz CT molecular complexity index is 683. The van der Waals surface area contributed by atoms with Gasteiger partial charge in [0, 0.05) is 32.1 Å². The van der Waals surface area contributed by atoms with Gasteiger partial charge in [-0.1, -0.05) is 38.1 Å². The van der Waals surface area contributed by atoms with E-state index in [9.17, 15) is 4.79 Å². The Labute approximate surface area is 193 Å². The van der Waals surface area contributed by atoms with Crippen molar-refractivity contribution in [2.45, 2.75) is 72.0 Å². The molecule has 1 aliphatic carbocycles. The first kappa shape index (κ1) is 24.0. The number of benzene rings is 1. The maximum atomic E-state index is 11.9. The number of carbonyl (C=O) groups is 1. The van der Waals surface area contributed by atoms with Gasteiger partial charge in [-0.3, -0.25) is 4.79 Å². The molecule has 1 heterocycles. The largest absolute Gasteiger partial charge is 0.357 e. The van der Waals surface area contributed by atoms with Crippen LogP contribution in [0.25, 0.3) is 0 Å². The van der Waals surface area contributed by atoms with E-state index in [1.165, 1.54) is 30.4 Å². The lowest BCUT2D eigenvalue weighted by Crippen LogP contribution is -2.46. The Morgan fingerprint density at radius 3 is 2.55 bits per heavy atom. The van der Waals surface area contributed by atoms with E-state index in [1.807, 2.05) is 4.90 Å². The molecule has 1 aliphatic heterocycles. The second-order valence-electron chi connectivity index (χ2n) is 8.69. The highest BCUT2D eigenvalue weighted by Crippen LogP contribution is 2.28. The lowest BCUT2D eigenvalue weighted by Gasteiger charge is -2.32. The maximum absolute atomic E-state index is 11.9. The highest BCUT2D eigenvalue weighted by molar-refractivity contribution is 14.0. The molecule has 1 saturated carbocycles. The molecule has 29 heavy (non-hydrogen) atoms. The van der Waals surface area contributed by atoms with Gasteiger partial charge in [0.1, 0.15) is 0 Å². The summed E-state index contributed by atoms with van der Waals surface area (Å²) in [6, 6.07) is 8.99. The lowest BCUT2D eigenvalue weighted by atomic mass is 9.80. The number of nitrogens with zero attached hydrogens (tertiary/aromatic N) is 2. The van der Waals surface area contributed by atoms with Crippen LogP contribution in [0.4, 0.5) is 0 Å². The first-order chi connectivity index (χ1) is 13.5. The zero-order valence-electron chi connectivity index (χ0n) is 18.1. The number of nitrogens with one attached hydrogen (secondary N) is 2. The zero-order valence-corrected chi connectivity index (χ0v) is 20.4. The molecule has 6 heteroatoms. The summed E-state index contributed by atoms with van der Waals surface area (Å²) in [4.78, 5) is 18.7. The van der Waals surface area contributed by atoms with Gasteiger partial charge in [-0.15, -0.1) is 24.0 Å². The molecule has 162 valence electrons. The summed E-state index contributed by atoms with van der Waals surface area (Å²) in [5, 5.41) is 7.05. The molecule has 2 unspecified atom stereocenters. The Kier molecular flexibility index (Phi) is 9.72. The number of amides is 1. The summed E-state index contributed by atoms with van der Waals surface area (Å²) in [7, 11) is 0. The molecule has 1 aromatic carbocycles. The van der Waals surface area contributed by atoms with E-state index < -0.39 is 0 Å². The molecule has 2 atom stereocenters. The minimum Gasteiger partial charge on any atom is -0.357 e. The summed E-state index contributed by atoms with van der Waals surface area (Å²) < 4.78 is 0. The van der Waals surface area contributed by atoms with Crippen molar-refractivity contribution in [1.29, 1.82) is 0 Å². The third-order valence-electron chi connectivity index (χ3n) is 5.82. The number of likely N-dealkylation sites (tertiary alicyclic amines) is 1. The molecule has 2 fully saturated rings. The Hall–Kier alpha value is -1.31. The van der Waals surface area contributed by atoms with E-state index in [-0.39, 0.29) is 29.9 Å². The van der Waals surface area contributed by atoms with Gasteiger partial charge in [0.15, 0.2) is 5.96 Å². The van der Waals surface area contributed by atoms with Crippen LogP contribution < -0.4 is 10.6 Å². The van der Waals surface area contributed by atoms with Crippen molar-refractivity contribution in [3.05, 3.63) is 35.4 Å². The van der Waals surface area contributed by atoms with E-state index in [4.69, 9.17) is 4.99 Å². The topological polar surface area (TPSA) is 56.7 Å². The van der Waals surface area contributed by atoms with Gasteiger partial charge in [0.2, 0.25) is 5.91 Å². The van der Waals surface area contributed by atoms with Crippen LogP contribution in [0.2, 0.25) is 0 Å². The SMILES string of the molecule is CCNC(=NCc1cccc(CN2CCCC2=O)c1)NC1CC(C)CC(C)C1.I. The van der Waals surface area contributed by atoms with Crippen molar-refractivity contribution in [3.63, 3.8) is 0 Å². The standard InChI is InChI=1S/C23H36N4O.HI/c1-4-24-23(26-21-12-17(2)11-18(3)13-21)25-15-19-7-5-8-20(14-19)16-27-10-6-9-22(27)28;/h5,7-8,14,17-18,21H,4,6,9-13,15-16H2,1-3H3,(H2,24,25,26);1H. The van der Waals surface area contributed by atoms with Crippen LogP contribution in [0.1, 0.15) is 64.0 Å². The fraction of sp³-hybridized carbons (Fsp3) is 0.652. The van der Waals surface area contributed by atoms with Crippen LogP contribution in [-0.4, -0.2) is 35.9 Å². The van der Waals surface area contributed by atoms with Gasteiger partial charge in [-0.25, -0.2) is 4.99 Å². The van der Waals surface area contributed by atoms with Crippen LogP contribution in [0.5, 0.6) is 0 Å². The molecular formula is C23H37IN4O. The number of aliphatic imine (C=N–C) groups is 1. The highest BCUT2D eigenvalue weighted by Gasteiger charge is 2.24. The molecule has 0 radical (unpaired) electrons. The minimum absolute atomic E-state index is 0. The van der Waals surface area contributed by atoms with Crippen LogP contribution >= 0.6 is 24.0 Å². The van der Waals surface area contributed by atoms with Crippen LogP contribution in [0.3, 0.4) is 0 Å². The van der Waals surface area contributed by atoms with E-state index in [0.717, 1.165) is 37.3 Å². The molecule has 1 amide bonds. The van der Waals surface area contributed by atoms with Crippen LogP contribution in [-0.2, 0) is 17.9 Å². The third kappa shape index (κ3) is 7.46. The van der Waals surface area contributed by atoms with Crippen molar-refractivity contribution >= 4 is 35.8 Å². The molecular weight excluding hydrogens is 475 g/mol. The van der Waals surface area contributed by atoms with Gasteiger partial charge in [0.25, 0.3) is 0 Å². The van der Waals surface area contributed by atoms with Gasteiger partial charge >= 0.3 is 0 Å². The Morgan fingerprint density at radius 1 is 1.17 bits per heavy atom. The molecule has 5 nitrogen and oxygen atoms in total. The average molecular weight is 512 g/mol. The van der Waals surface area contributed by atoms with Gasteiger partial charge < -0.3 is 15.5 Å². The summed E-state index contributed by atoms with van der Waals surface area (Å²) in [5.41, 5.74) is 2.38. The van der Waals surface area contributed by atoms with Gasteiger partial charge in [0.05, 0.1) is 6.54 Å². The molecule has 1 aromatic rings. The molecule has 2 N–H and O–H groups in total. The summed E-state index contributed by atoms with van der Waals surface area (Å²) in [6.45, 7) is 9.92. The second-order valence-corrected chi connectivity index (χ2v) is 8.69. The molecule has 3 rings (SSSR count). The Balaban J connectivity index is 0.00000300. The van der Waals surface area contributed by atoms with E-state index in [2.05, 4.69) is 55.7 Å². The highest BCUT2D eigenvalue weighted by atomic mass is 127. The normalized spacial score (nSPS) is 24.9. The summed E-state index contributed by atoms with van der Waals surface area (Å²) in [5.74, 6) is 2.73. The molecule has 2 aliphatic rings. The number of guanidine groups is 1. The fourth-order valence-electron chi connectivity index (χ4n) is 4.67. The van der Waals surface area contributed by atoms with Gasteiger partial charge in [-0.2, -0.15) is 0 Å². The first-order valence-electron chi connectivity index (χ1n) is 10.9. The monoisotopic (exact) mass is 512 g/mol. The number of halogens is 1. The lowest BCUT2D eigenvalue weighted by molar-refractivity contribution is -0.128. The Morgan fingerprint density at radius 2 is 1.90 bits per heavy atom. The van der Waals surface area contributed by atoms with E-state index >= 15 is 0 Å². The fourth-order valence-corrected chi connectivity index (χ4v) is 4.67. The average Bonchev–Trinajstić information content (AvgIpc) is 3.04. The van der Waals surface area contributed by atoms with Crippen LogP contribution in [0, 0.1) is 11.8 Å². The van der Waals surface area contributed by atoms with Crippen molar-refractivity contribution < 1.29 is 4.79 Å². The quantitative estimate of drug-likeness (QED) is 0.340. The smallest absolute Gasteiger partial charge is 0.222 e. The number of rotatable bonds is 6. The predicted octanol–water partition coefficient (Wildman–Crippen LogP) is 4.31. The first-order valence-corrected chi connectivity index (χ1v) is 10.9. The van der Waals surface area contributed by atoms with Crippen LogP contribution in [0.15, 0.2) is 29.3 Å². The summed E-state index contributed by atoms with van der Waals surface area (Å²) in [6.07, 6.45) is 5.44. The van der Waals surface area contributed by atoms with Crippen molar-refractivity contribution in [3.8, 4) is 0 Å². The number of hydrogen-bond donors (Lipinski definition) is 2. The molecule has 1 saturated heterocycles. The van der Waals surface area contributed by atoms with Crippen molar-refractivity contribution in [1.82, 2.24) is 15.5 Å². The molecule has 0 aromatic heterocycles. The van der Waals surface area contributed by atoms with E-state index in [0.29, 0.717) is 25.6 Å².